The van der Waals surface area contributed by atoms with Gasteiger partial charge in [0, 0.05) is 5.69 Å². The maximum absolute atomic E-state index is 12.4. The van der Waals surface area contributed by atoms with Gasteiger partial charge in [-0.05, 0) is 37.3 Å². The molecular formula is C18H15Cl2N5O2. The Kier molecular flexibility index (Phi) is 5.73. The number of hydrogen-bond donors (Lipinski definition) is 2. The van der Waals surface area contributed by atoms with E-state index >= 15 is 0 Å². The quantitative estimate of drug-likeness (QED) is 0.683. The van der Waals surface area contributed by atoms with E-state index in [1.54, 1.807) is 54.5 Å². The van der Waals surface area contributed by atoms with Crippen LogP contribution in [0.1, 0.15) is 17.3 Å². The summed E-state index contributed by atoms with van der Waals surface area (Å²) in [5.41, 5.74) is 1.58. The molecule has 0 aliphatic heterocycles. The van der Waals surface area contributed by atoms with Crippen LogP contribution < -0.4 is 10.6 Å². The van der Waals surface area contributed by atoms with Crippen molar-refractivity contribution in [3.8, 4) is 5.69 Å². The van der Waals surface area contributed by atoms with Crippen molar-refractivity contribution in [3.05, 3.63) is 70.7 Å². The molecule has 1 aromatic heterocycles. The standard InChI is InChI=1S/C18H15Cl2N5O2/c1-11(23-18(27)14-6-3-7-15(19)16(14)20)17(26)24-12-4-2-5-13(8-12)25-9-21-22-10-25/h2-11H,1H3,(H,23,27)(H,24,26). The van der Waals surface area contributed by atoms with Crippen molar-refractivity contribution in [2.45, 2.75) is 13.0 Å². The molecule has 0 saturated carbocycles. The van der Waals surface area contributed by atoms with Crippen LogP contribution in [0.3, 0.4) is 0 Å². The van der Waals surface area contributed by atoms with Crippen LogP contribution in [0.2, 0.25) is 10.0 Å². The van der Waals surface area contributed by atoms with Crippen molar-refractivity contribution in [1.82, 2.24) is 20.1 Å². The summed E-state index contributed by atoms with van der Waals surface area (Å²) in [4.78, 5) is 24.8. The second-order valence-corrected chi connectivity index (χ2v) is 6.49. The molecular weight excluding hydrogens is 389 g/mol. The van der Waals surface area contributed by atoms with Crippen LogP contribution in [0.5, 0.6) is 0 Å². The van der Waals surface area contributed by atoms with E-state index in [0.717, 1.165) is 5.69 Å². The van der Waals surface area contributed by atoms with Gasteiger partial charge >= 0.3 is 0 Å². The Morgan fingerprint density at radius 3 is 2.52 bits per heavy atom. The average molecular weight is 404 g/mol. The van der Waals surface area contributed by atoms with Crippen molar-refractivity contribution in [2.24, 2.45) is 0 Å². The lowest BCUT2D eigenvalue weighted by molar-refractivity contribution is -0.117. The fraction of sp³-hybridized carbons (Fsp3) is 0.111. The summed E-state index contributed by atoms with van der Waals surface area (Å²) in [7, 11) is 0. The molecule has 0 fully saturated rings. The summed E-state index contributed by atoms with van der Waals surface area (Å²) < 4.78 is 1.71. The van der Waals surface area contributed by atoms with E-state index in [9.17, 15) is 9.59 Å². The van der Waals surface area contributed by atoms with Crippen LogP contribution in [0.25, 0.3) is 5.69 Å². The topological polar surface area (TPSA) is 88.9 Å². The van der Waals surface area contributed by atoms with Gasteiger partial charge in [0.25, 0.3) is 5.91 Å². The lowest BCUT2D eigenvalue weighted by atomic mass is 10.2. The maximum atomic E-state index is 12.4. The van der Waals surface area contributed by atoms with Crippen molar-refractivity contribution in [2.75, 3.05) is 5.32 Å². The first-order valence-electron chi connectivity index (χ1n) is 7.96. The fourth-order valence-electron chi connectivity index (χ4n) is 2.35. The van der Waals surface area contributed by atoms with Crippen LogP contribution >= 0.6 is 23.2 Å². The molecule has 0 aliphatic rings. The van der Waals surface area contributed by atoms with Gasteiger partial charge in [0.05, 0.1) is 21.3 Å². The molecule has 1 unspecified atom stereocenters. The highest BCUT2D eigenvalue weighted by molar-refractivity contribution is 6.43. The van der Waals surface area contributed by atoms with Gasteiger partial charge in [0.15, 0.2) is 0 Å². The highest BCUT2D eigenvalue weighted by Crippen LogP contribution is 2.25. The number of hydrogen-bond acceptors (Lipinski definition) is 4. The van der Waals surface area contributed by atoms with E-state index in [0.29, 0.717) is 5.69 Å². The molecule has 1 atom stereocenters. The molecule has 27 heavy (non-hydrogen) atoms. The van der Waals surface area contributed by atoms with Crippen molar-refractivity contribution in [1.29, 1.82) is 0 Å². The van der Waals surface area contributed by atoms with Crippen LogP contribution in [0.4, 0.5) is 5.69 Å². The Hall–Kier alpha value is -2.90. The lowest BCUT2D eigenvalue weighted by Gasteiger charge is -2.15. The molecule has 7 nitrogen and oxygen atoms in total. The van der Waals surface area contributed by atoms with Gasteiger partial charge in [0.2, 0.25) is 5.91 Å². The Bertz CT molecular complexity index is 976. The van der Waals surface area contributed by atoms with E-state index in [1.807, 2.05) is 6.07 Å². The number of carbonyl (C=O) groups is 2. The zero-order chi connectivity index (χ0) is 19.4. The second-order valence-electron chi connectivity index (χ2n) is 5.71. The number of halogens is 2. The smallest absolute Gasteiger partial charge is 0.253 e. The zero-order valence-corrected chi connectivity index (χ0v) is 15.7. The zero-order valence-electron chi connectivity index (χ0n) is 14.2. The van der Waals surface area contributed by atoms with Gasteiger partial charge in [-0.2, -0.15) is 0 Å². The molecule has 0 spiro atoms. The molecule has 0 saturated heterocycles. The van der Waals surface area contributed by atoms with E-state index < -0.39 is 11.9 Å². The van der Waals surface area contributed by atoms with Crippen molar-refractivity contribution < 1.29 is 9.59 Å². The molecule has 138 valence electrons. The largest absolute Gasteiger partial charge is 0.340 e. The van der Waals surface area contributed by atoms with Gasteiger partial charge in [-0.3, -0.25) is 14.2 Å². The summed E-state index contributed by atoms with van der Waals surface area (Å²) in [5.74, 6) is -0.856. The minimum atomic E-state index is -0.786. The van der Waals surface area contributed by atoms with Crippen LogP contribution in [-0.4, -0.2) is 32.6 Å². The fourth-order valence-corrected chi connectivity index (χ4v) is 2.73. The molecule has 0 radical (unpaired) electrons. The minimum Gasteiger partial charge on any atom is -0.340 e. The third-order valence-electron chi connectivity index (χ3n) is 3.77. The van der Waals surface area contributed by atoms with Crippen LogP contribution in [0, 0.1) is 0 Å². The summed E-state index contributed by atoms with van der Waals surface area (Å²) in [5, 5.41) is 13.3. The Balaban J connectivity index is 1.67. The Morgan fingerprint density at radius 2 is 1.78 bits per heavy atom. The number of benzene rings is 2. The summed E-state index contributed by atoms with van der Waals surface area (Å²) in [6.45, 7) is 1.58. The molecule has 9 heteroatoms. The minimum absolute atomic E-state index is 0.144. The van der Waals surface area contributed by atoms with E-state index in [2.05, 4.69) is 20.8 Å². The number of nitrogens with zero attached hydrogens (tertiary/aromatic N) is 3. The van der Waals surface area contributed by atoms with E-state index in [-0.39, 0.29) is 21.5 Å². The third-order valence-corrected chi connectivity index (χ3v) is 4.59. The van der Waals surface area contributed by atoms with Crippen LogP contribution in [-0.2, 0) is 4.79 Å². The van der Waals surface area contributed by atoms with Gasteiger partial charge in [-0.15, -0.1) is 10.2 Å². The lowest BCUT2D eigenvalue weighted by Crippen LogP contribution is -2.41. The number of aromatic nitrogens is 3. The molecule has 1 heterocycles. The summed E-state index contributed by atoms with van der Waals surface area (Å²) in [6.07, 6.45) is 3.11. The highest BCUT2D eigenvalue weighted by atomic mass is 35.5. The first-order chi connectivity index (χ1) is 13.0. The molecule has 0 aliphatic carbocycles. The number of amides is 2. The third kappa shape index (κ3) is 4.45. The normalized spacial score (nSPS) is 11.7. The predicted octanol–water partition coefficient (Wildman–Crippen LogP) is 3.33. The number of carbonyl (C=O) groups excluding carboxylic acids is 2. The van der Waals surface area contributed by atoms with Crippen molar-refractivity contribution in [3.63, 3.8) is 0 Å². The molecule has 2 N–H and O–H groups in total. The average Bonchev–Trinajstić information content (AvgIpc) is 3.19. The predicted molar refractivity (Wildman–Crippen MR) is 103 cm³/mol. The monoisotopic (exact) mass is 403 g/mol. The van der Waals surface area contributed by atoms with Gasteiger partial charge in [0.1, 0.15) is 18.7 Å². The maximum Gasteiger partial charge on any atom is 0.253 e. The number of anilines is 1. The SMILES string of the molecule is CC(NC(=O)c1cccc(Cl)c1Cl)C(=O)Nc1cccc(-n2cnnc2)c1. The second kappa shape index (κ2) is 8.20. The highest BCUT2D eigenvalue weighted by Gasteiger charge is 2.19. The number of rotatable bonds is 5. The molecule has 2 amide bonds. The number of nitrogens with one attached hydrogen (secondary N) is 2. The molecule has 2 aromatic carbocycles. The molecule has 3 rings (SSSR count). The van der Waals surface area contributed by atoms with Gasteiger partial charge in [-0.1, -0.05) is 35.3 Å². The van der Waals surface area contributed by atoms with Gasteiger partial charge < -0.3 is 10.6 Å². The molecule has 0 bridgehead atoms. The summed E-state index contributed by atoms with van der Waals surface area (Å²) >= 11 is 12.0. The Labute approximate surface area is 165 Å². The Morgan fingerprint density at radius 1 is 1.07 bits per heavy atom. The first-order valence-corrected chi connectivity index (χ1v) is 8.72. The van der Waals surface area contributed by atoms with E-state index in [1.165, 1.54) is 6.07 Å². The van der Waals surface area contributed by atoms with Crippen LogP contribution in [0.15, 0.2) is 55.1 Å². The molecule has 3 aromatic rings. The van der Waals surface area contributed by atoms with E-state index in [4.69, 9.17) is 23.2 Å². The van der Waals surface area contributed by atoms with Crippen molar-refractivity contribution >= 4 is 40.7 Å². The first kappa shape index (κ1) is 18.9. The summed E-state index contributed by atoms with van der Waals surface area (Å²) in [6, 6.07) is 11.1. The van der Waals surface area contributed by atoms with Gasteiger partial charge in [-0.25, -0.2) is 0 Å².